The van der Waals surface area contributed by atoms with Crippen molar-refractivity contribution in [2.24, 2.45) is 0 Å². The number of nitrogens with one attached hydrogen (secondary N) is 1. The van der Waals surface area contributed by atoms with Crippen LogP contribution in [-0.2, 0) is 11.3 Å². The van der Waals surface area contributed by atoms with Crippen LogP contribution in [-0.4, -0.2) is 41.0 Å². The van der Waals surface area contributed by atoms with Crippen LogP contribution in [0.25, 0.3) is 11.4 Å². The minimum Gasteiger partial charge on any atom is -0.353 e. The Morgan fingerprint density at radius 2 is 1.81 bits per heavy atom. The van der Waals surface area contributed by atoms with Crippen molar-refractivity contribution in [3.8, 4) is 11.4 Å². The Kier molecular flexibility index (Phi) is 6.04. The summed E-state index contributed by atoms with van der Waals surface area (Å²) in [6, 6.07) is 18.3. The van der Waals surface area contributed by atoms with Crippen LogP contribution < -0.4 is 5.32 Å². The van der Waals surface area contributed by atoms with Crippen LogP contribution in [0.2, 0.25) is 0 Å². The third kappa shape index (κ3) is 4.63. The van der Waals surface area contributed by atoms with Crippen molar-refractivity contribution in [1.82, 2.24) is 19.8 Å². The van der Waals surface area contributed by atoms with Gasteiger partial charge in [-0.15, -0.1) is 0 Å². The molecule has 0 bridgehead atoms. The second-order valence-corrected chi connectivity index (χ2v) is 6.88. The highest BCUT2D eigenvalue weighted by Gasteiger charge is 2.17. The molecule has 3 aromatic rings. The van der Waals surface area contributed by atoms with Crippen LogP contribution in [0.3, 0.4) is 0 Å². The molecule has 0 radical (unpaired) electrons. The molecule has 0 saturated heterocycles. The van der Waals surface area contributed by atoms with Crippen molar-refractivity contribution in [3.63, 3.8) is 0 Å². The Morgan fingerprint density at radius 3 is 2.52 bits per heavy atom. The van der Waals surface area contributed by atoms with E-state index in [2.05, 4.69) is 34.3 Å². The summed E-state index contributed by atoms with van der Waals surface area (Å²) in [5.74, 6) is 0.777. The number of likely N-dealkylation sites (N-methyl/N-ethyl adjacent to an activating group) is 1. The Balaban J connectivity index is 1.66. The fourth-order valence-electron chi connectivity index (χ4n) is 3.24. The van der Waals surface area contributed by atoms with Gasteiger partial charge in [-0.2, -0.15) is 0 Å². The summed E-state index contributed by atoms with van der Waals surface area (Å²) in [5.41, 5.74) is 3.46. The second-order valence-electron chi connectivity index (χ2n) is 6.88. The fraction of sp³-hybridized carbons (Fsp3) is 0.273. The molecule has 27 heavy (non-hydrogen) atoms. The van der Waals surface area contributed by atoms with Gasteiger partial charge in [0.25, 0.3) is 0 Å². The molecule has 1 amide bonds. The summed E-state index contributed by atoms with van der Waals surface area (Å²) in [4.78, 5) is 19.1. The van der Waals surface area contributed by atoms with Gasteiger partial charge in [-0.05, 0) is 32.1 Å². The number of hydrogen-bond donors (Lipinski definition) is 1. The van der Waals surface area contributed by atoms with Crippen LogP contribution in [0.15, 0.2) is 67.0 Å². The first-order chi connectivity index (χ1) is 13.1. The molecule has 5 nitrogen and oxygen atoms in total. The average Bonchev–Trinajstić information content (AvgIpc) is 3.12. The first-order valence-electron chi connectivity index (χ1n) is 9.11. The maximum Gasteiger partial charge on any atom is 0.240 e. The van der Waals surface area contributed by atoms with Crippen molar-refractivity contribution in [1.29, 1.82) is 0 Å². The van der Waals surface area contributed by atoms with Crippen molar-refractivity contribution in [2.45, 2.75) is 19.5 Å². The molecule has 1 atom stereocenters. The van der Waals surface area contributed by atoms with E-state index < -0.39 is 0 Å². The van der Waals surface area contributed by atoms with Crippen LogP contribution >= 0.6 is 0 Å². The quantitative estimate of drug-likeness (QED) is 0.702. The third-order valence-corrected chi connectivity index (χ3v) is 4.72. The Morgan fingerprint density at radius 1 is 1.11 bits per heavy atom. The maximum atomic E-state index is 12.6. The van der Waals surface area contributed by atoms with E-state index in [1.807, 2.05) is 67.3 Å². The lowest BCUT2D eigenvalue weighted by molar-refractivity contribution is -0.121. The molecular formula is C22H26N4O. The molecule has 0 aliphatic heterocycles. The van der Waals surface area contributed by atoms with Crippen LogP contribution in [0.5, 0.6) is 0 Å². The molecule has 5 heteroatoms. The van der Waals surface area contributed by atoms with Gasteiger partial charge in [0, 0.05) is 24.5 Å². The van der Waals surface area contributed by atoms with Gasteiger partial charge in [0.1, 0.15) is 12.4 Å². The highest BCUT2D eigenvalue weighted by Crippen LogP contribution is 2.21. The normalized spacial score (nSPS) is 12.1. The van der Waals surface area contributed by atoms with Gasteiger partial charge >= 0.3 is 0 Å². The Hall–Kier alpha value is -2.92. The Bertz CT molecular complexity index is 886. The first kappa shape index (κ1) is 18.9. The fourth-order valence-corrected chi connectivity index (χ4v) is 3.24. The Labute approximate surface area is 160 Å². The summed E-state index contributed by atoms with van der Waals surface area (Å²) >= 11 is 0. The van der Waals surface area contributed by atoms with E-state index >= 15 is 0 Å². The summed E-state index contributed by atoms with van der Waals surface area (Å²) < 4.78 is 1.88. The zero-order valence-electron chi connectivity index (χ0n) is 16.1. The standard InChI is InChI=1S/C22H26N4O/c1-17-9-7-8-12-19(17)20(25(2)3)15-24-21(27)16-26-14-13-23-22(26)18-10-5-4-6-11-18/h4-14,20H,15-16H2,1-3H3,(H,24,27). The molecule has 0 aliphatic carbocycles. The molecule has 1 unspecified atom stereocenters. The molecule has 0 fully saturated rings. The van der Waals surface area contributed by atoms with Gasteiger partial charge in [-0.25, -0.2) is 4.98 Å². The number of rotatable bonds is 7. The van der Waals surface area contributed by atoms with Gasteiger partial charge in [-0.1, -0.05) is 54.6 Å². The van der Waals surface area contributed by atoms with Gasteiger partial charge in [0.15, 0.2) is 0 Å². The van der Waals surface area contributed by atoms with Gasteiger partial charge in [0.2, 0.25) is 5.91 Å². The maximum absolute atomic E-state index is 12.6. The molecule has 0 saturated carbocycles. The van der Waals surface area contributed by atoms with E-state index in [1.54, 1.807) is 6.20 Å². The average molecular weight is 362 g/mol. The van der Waals surface area contributed by atoms with Crippen molar-refractivity contribution in [3.05, 3.63) is 78.1 Å². The summed E-state index contributed by atoms with van der Waals surface area (Å²) in [5, 5.41) is 3.08. The summed E-state index contributed by atoms with van der Waals surface area (Å²) in [7, 11) is 4.07. The molecule has 1 aromatic heterocycles. The zero-order chi connectivity index (χ0) is 19.2. The number of amides is 1. The highest BCUT2D eigenvalue weighted by atomic mass is 16.1. The van der Waals surface area contributed by atoms with E-state index in [4.69, 9.17) is 0 Å². The second kappa shape index (κ2) is 8.64. The van der Waals surface area contributed by atoms with E-state index in [0.717, 1.165) is 11.4 Å². The predicted molar refractivity (Wildman–Crippen MR) is 108 cm³/mol. The number of imidazole rings is 1. The van der Waals surface area contributed by atoms with E-state index in [9.17, 15) is 4.79 Å². The number of nitrogens with zero attached hydrogens (tertiary/aromatic N) is 3. The number of carbonyl (C=O) groups is 1. The first-order valence-corrected chi connectivity index (χ1v) is 9.11. The SMILES string of the molecule is Cc1ccccc1C(CNC(=O)Cn1ccnc1-c1ccccc1)N(C)C. The van der Waals surface area contributed by atoms with Crippen LogP contribution in [0, 0.1) is 6.92 Å². The van der Waals surface area contributed by atoms with Gasteiger partial charge in [-0.3, -0.25) is 4.79 Å². The molecule has 0 spiro atoms. The smallest absolute Gasteiger partial charge is 0.240 e. The van der Waals surface area contributed by atoms with Crippen molar-refractivity contribution in [2.75, 3.05) is 20.6 Å². The number of hydrogen-bond acceptors (Lipinski definition) is 3. The van der Waals surface area contributed by atoms with Crippen LogP contribution in [0.1, 0.15) is 17.2 Å². The molecule has 140 valence electrons. The zero-order valence-corrected chi connectivity index (χ0v) is 16.1. The summed E-state index contributed by atoms with van der Waals surface area (Å²) in [6.07, 6.45) is 3.57. The lowest BCUT2D eigenvalue weighted by Gasteiger charge is -2.26. The predicted octanol–water partition coefficient (Wildman–Crippen LogP) is 3.28. The number of benzene rings is 2. The lowest BCUT2D eigenvalue weighted by Crippen LogP contribution is -2.36. The molecule has 1 N–H and O–H groups in total. The molecular weight excluding hydrogens is 336 g/mol. The minimum absolute atomic E-state index is 0.0226. The molecule has 0 aliphatic rings. The van der Waals surface area contributed by atoms with E-state index in [1.165, 1.54) is 11.1 Å². The monoisotopic (exact) mass is 362 g/mol. The van der Waals surface area contributed by atoms with Gasteiger partial charge < -0.3 is 14.8 Å². The summed E-state index contributed by atoms with van der Waals surface area (Å²) in [6.45, 7) is 2.91. The highest BCUT2D eigenvalue weighted by molar-refractivity contribution is 5.76. The van der Waals surface area contributed by atoms with Crippen molar-refractivity contribution < 1.29 is 4.79 Å². The molecule has 1 heterocycles. The molecule has 2 aromatic carbocycles. The van der Waals surface area contributed by atoms with Gasteiger partial charge in [0.05, 0.1) is 6.04 Å². The number of aromatic nitrogens is 2. The van der Waals surface area contributed by atoms with E-state index in [0.29, 0.717) is 6.54 Å². The van der Waals surface area contributed by atoms with E-state index in [-0.39, 0.29) is 18.5 Å². The number of carbonyl (C=O) groups excluding carboxylic acids is 1. The lowest BCUT2D eigenvalue weighted by atomic mass is 10.0. The third-order valence-electron chi connectivity index (χ3n) is 4.72. The topological polar surface area (TPSA) is 50.2 Å². The minimum atomic E-state index is -0.0226. The van der Waals surface area contributed by atoms with Crippen LogP contribution in [0.4, 0.5) is 0 Å². The molecule has 3 rings (SSSR count). The largest absolute Gasteiger partial charge is 0.353 e. The number of aryl methyl sites for hydroxylation is 1. The van der Waals surface area contributed by atoms with Crippen molar-refractivity contribution >= 4 is 5.91 Å².